The van der Waals surface area contributed by atoms with Crippen LogP contribution >= 0.6 is 31.9 Å². The molecule has 0 aromatic heterocycles. The molecule has 2 aromatic carbocycles. The van der Waals surface area contributed by atoms with Crippen molar-refractivity contribution in [1.29, 1.82) is 5.26 Å². The summed E-state index contributed by atoms with van der Waals surface area (Å²) in [6, 6.07) is 12.1. The normalized spacial score (nSPS) is 9.95. The molecule has 0 fully saturated rings. The first-order valence-electron chi connectivity index (χ1n) is 5.87. The van der Waals surface area contributed by atoms with E-state index >= 15 is 0 Å². The van der Waals surface area contributed by atoms with Gasteiger partial charge in [-0.15, -0.1) is 0 Å². The van der Waals surface area contributed by atoms with Gasteiger partial charge in [-0.2, -0.15) is 5.26 Å². The predicted octanol–water partition coefficient (Wildman–Crippen LogP) is 4.60. The van der Waals surface area contributed by atoms with Crippen molar-refractivity contribution >= 4 is 43.2 Å². The van der Waals surface area contributed by atoms with E-state index in [4.69, 9.17) is 5.26 Å². The van der Waals surface area contributed by atoms with Crippen molar-refractivity contribution < 1.29 is 4.92 Å². The fraction of sp³-hybridized carbons (Fsp3) is 0.0714. The van der Waals surface area contributed by atoms with Crippen LogP contribution < -0.4 is 5.32 Å². The largest absolute Gasteiger partial charge is 0.380 e. The highest BCUT2D eigenvalue weighted by molar-refractivity contribution is 9.10. The van der Waals surface area contributed by atoms with Crippen molar-refractivity contribution in [2.24, 2.45) is 0 Å². The van der Waals surface area contributed by atoms with Crippen LogP contribution in [-0.4, -0.2) is 4.92 Å². The first-order chi connectivity index (χ1) is 9.99. The molecule has 0 aliphatic rings. The van der Waals surface area contributed by atoms with Gasteiger partial charge in [0, 0.05) is 27.6 Å². The lowest BCUT2D eigenvalue weighted by molar-refractivity contribution is -0.385. The predicted molar refractivity (Wildman–Crippen MR) is 87.0 cm³/mol. The lowest BCUT2D eigenvalue weighted by Crippen LogP contribution is -2.02. The summed E-state index contributed by atoms with van der Waals surface area (Å²) in [7, 11) is 0. The molecular weight excluding hydrogens is 402 g/mol. The number of anilines is 1. The standard InChI is InChI=1S/C14H9Br2N3O2/c15-11-2-1-10(7-17)14(6-11)18-8-9-3-12(16)5-13(4-9)19(20)21/h1-6,18H,8H2. The minimum Gasteiger partial charge on any atom is -0.380 e. The van der Waals surface area contributed by atoms with E-state index in [-0.39, 0.29) is 5.69 Å². The summed E-state index contributed by atoms with van der Waals surface area (Å²) in [5.41, 5.74) is 1.97. The molecule has 2 aromatic rings. The van der Waals surface area contributed by atoms with E-state index in [2.05, 4.69) is 43.2 Å². The zero-order valence-electron chi connectivity index (χ0n) is 10.6. The van der Waals surface area contributed by atoms with Gasteiger partial charge in [-0.3, -0.25) is 10.1 Å². The Morgan fingerprint density at radius 1 is 1.19 bits per heavy atom. The molecule has 0 saturated heterocycles. The van der Waals surface area contributed by atoms with Gasteiger partial charge in [0.15, 0.2) is 0 Å². The molecule has 0 bridgehead atoms. The summed E-state index contributed by atoms with van der Waals surface area (Å²) in [5, 5.41) is 23.0. The van der Waals surface area contributed by atoms with Crippen molar-refractivity contribution in [2.75, 3.05) is 5.32 Å². The second kappa shape index (κ2) is 6.70. The first-order valence-corrected chi connectivity index (χ1v) is 7.45. The van der Waals surface area contributed by atoms with E-state index in [1.54, 1.807) is 24.3 Å². The number of nitrogens with zero attached hydrogens (tertiary/aromatic N) is 2. The molecule has 0 aliphatic carbocycles. The summed E-state index contributed by atoms with van der Waals surface area (Å²) in [6.07, 6.45) is 0. The zero-order valence-corrected chi connectivity index (χ0v) is 13.8. The second-order valence-electron chi connectivity index (χ2n) is 4.23. The Hall–Kier alpha value is -1.91. The molecular formula is C14H9Br2N3O2. The summed E-state index contributed by atoms with van der Waals surface area (Å²) in [6.45, 7) is 0.380. The minimum atomic E-state index is -0.436. The summed E-state index contributed by atoms with van der Waals surface area (Å²) in [4.78, 5) is 10.4. The molecule has 2 rings (SSSR count). The van der Waals surface area contributed by atoms with Crippen molar-refractivity contribution in [1.82, 2.24) is 0 Å². The molecule has 1 N–H and O–H groups in total. The number of halogens is 2. The maximum Gasteiger partial charge on any atom is 0.270 e. The Kier molecular flexibility index (Phi) is 4.94. The van der Waals surface area contributed by atoms with Crippen LogP contribution in [-0.2, 0) is 6.54 Å². The number of rotatable bonds is 4. The van der Waals surface area contributed by atoms with Gasteiger partial charge in [-0.05, 0) is 29.8 Å². The Morgan fingerprint density at radius 3 is 2.62 bits per heavy atom. The molecule has 0 saturated carbocycles. The molecule has 0 amide bonds. The Bertz CT molecular complexity index is 741. The number of benzene rings is 2. The number of hydrogen-bond donors (Lipinski definition) is 1. The maximum atomic E-state index is 10.8. The van der Waals surface area contributed by atoms with E-state index in [9.17, 15) is 10.1 Å². The van der Waals surface area contributed by atoms with Crippen molar-refractivity contribution in [3.63, 3.8) is 0 Å². The van der Waals surface area contributed by atoms with Gasteiger partial charge in [0.1, 0.15) is 6.07 Å². The first kappa shape index (κ1) is 15.5. The molecule has 106 valence electrons. The molecule has 5 nitrogen and oxygen atoms in total. The highest BCUT2D eigenvalue weighted by Crippen LogP contribution is 2.24. The number of nitriles is 1. The van der Waals surface area contributed by atoms with Gasteiger partial charge < -0.3 is 5.32 Å². The van der Waals surface area contributed by atoms with Crippen LogP contribution in [0.1, 0.15) is 11.1 Å². The number of nitro benzene ring substituents is 1. The molecule has 0 heterocycles. The van der Waals surface area contributed by atoms with E-state index in [1.165, 1.54) is 12.1 Å². The van der Waals surface area contributed by atoms with Crippen LogP contribution in [0.25, 0.3) is 0 Å². The molecule has 0 aliphatic heterocycles. The van der Waals surface area contributed by atoms with Gasteiger partial charge in [0.25, 0.3) is 5.69 Å². The Labute approximate surface area is 138 Å². The fourth-order valence-corrected chi connectivity index (χ4v) is 2.69. The van der Waals surface area contributed by atoms with Crippen LogP contribution in [0, 0.1) is 21.4 Å². The fourth-order valence-electron chi connectivity index (χ4n) is 1.80. The lowest BCUT2D eigenvalue weighted by atomic mass is 10.1. The number of non-ortho nitro benzene ring substituents is 1. The van der Waals surface area contributed by atoms with Crippen LogP contribution in [0.2, 0.25) is 0 Å². The van der Waals surface area contributed by atoms with E-state index in [0.717, 1.165) is 10.0 Å². The maximum absolute atomic E-state index is 10.8. The third-order valence-electron chi connectivity index (χ3n) is 2.74. The third kappa shape index (κ3) is 4.03. The Morgan fingerprint density at radius 2 is 1.95 bits per heavy atom. The van der Waals surface area contributed by atoms with Crippen LogP contribution in [0.4, 0.5) is 11.4 Å². The minimum absolute atomic E-state index is 0.0240. The molecule has 7 heteroatoms. The summed E-state index contributed by atoms with van der Waals surface area (Å²) in [5.74, 6) is 0. The van der Waals surface area contributed by atoms with Crippen molar-refractivity contribution in [2.45, 2.75) is 6.54 Å². The second-order valence-corrected chi connectivity index (χ2v) is 6.06. The monoisotopic (exact) mass is 409 g/mol. The molecule has 0 spiro atoms. The number of nitrogens with one attached hydrogen (secondary N) is 1. The average molecular weight is 411 g/mol. The van der Waals surface area contributed by atoms with Crippen molar-refractivity contribution in [3.8, 4) is 6.07 Å². The van der Waals surface area contributed by atoms with Crippen LogP contribution in [0.3, 0.4) is 0 Å². The highest BCUT2D eigenvalue weighted by atomic mass is 79.9. The summed E-state index contributed by atoms with van der Waals surface area (Å²) >= 11 is 6.60. The number of hydrogen-bond acceptors (Lipinski definition) is 4. The van der Waals surface area contributed by atoms with E-state index < -0.39 is 4.92 Å². The van der Waals surface area contributed by atoms with Gasteiger partial charge >= 0.3 is 0 Å². The Balaban J connectivity index is 2.23. The lowest BCUT2D eigenvalue weighted by Gasteiger charge is -2.09. The highest BCUT2D eigenvalue weighted by Gasteiger charge is 2.09. The van der Waals surface area contributed by atoms with Crippen molar-refractivity contribution in [3.05, 3.63) is 66.6 Å². The number of nitro groups is 1. The van der Waals surface area contributed by atoms with Gasteiger partial charge in [0.2, 0.25) is 0 Å². The van der Waals surface area contributed by atoms with Crippen LogP contribution in [0.5, 0.6) is 0 Å². The smallest absolute Gasteiger partial charge is 0.270 e. The molecule has 0 atom stereocenters. The van der Waals surface area contributed by atoms with E-state index in [1.807, 2.05) is 0 Å². The molecule has 0 radical (unpaired) electrons. The average Bonchev–Trinajstić information content (AvgIpc) is 2.44. The van der Waals surface area contributed by atoms with Gasteiger partial charge in [-0.25, -0.2) is 0 Å². The SMILES string of the molecule is N#Cc1ccc(Br)cc1NCc1cc(Br)cc([N+](=O)[O-])c1. The summed E-state index contributed by atoms with van der Waals surface area (Å²) < 4.78 is 1.49. The third-order valence-corrected chi connectivity index (χ3v) is 3.69. The quantitative estimate of drug-likeness (QED) is 0.589. The van der Waals surface area contributed by atoms with Gasteiger partial charge in [0.05, 0.1) is 16.2 Å². The molecule has 21 heavy (non-hydrogen) atoms. The molecule has 0 unspecified atom stereocenters. The van der Waals surface area contributed by atoms with Crippen LogP contribution in [0.15, 0.2) is 45.3 Å². The zero-order chi connectivity index (χ0) is 15.4. The van der Waals surface area contributed by atoms with E-state index in [0.29, 0.717) is 22.3 Å². The topological polar surface area (TPSA) is 79.0 Å². The van der Waals surface area contributed by atoms with Gasteiger partial charge in [-0.1, -0.05) is 31.9 Å².